The topological polar surface area (TPSA) is 135 Å². The summed E-state index contributed by atoms with van der Waals surface area (Å²) in [6, 6.07) is 7.44. The summed E-state index contributed by atoms with van der Waals surface area (Å²) in [7, 11) is 1.58. The number of fused-ring (bicyclic) bond motifs is 3. The number of rotatable bonds is 7. The van der Waals surface area contributed by atoms with E-state index in [9.17, 15) is 24.4 Å². The lowest BCUT2D eigenvalue weighted by Crippen LogP contribution is -2.59. The highest BCUT2D eigenvalue weighted by Crippen LogP contribution is 2.48. The van der Waals surface area contributed by atoms with Crippen molar-refractivity contribution in [1.29, 1.82) is 5.26 Å². The summed E-state index contributed by atoms with van der Waals surface area (Å²) in [4.78, 5) is 57.7. The van der Waals surface area contributed by atoms with E-state index in [1.165, 1.54) is 0 Å². The third-order valence-corrected chi connectivity index (χ3v) is 8.50. The Kier molecular flexibility index (Phi) is 7.25. The summed E-state index contributed by atoms with van der Waals surface area (Å²) in [6.45, 7) is 7.94. The van der Waals surface area contributed by atoms with E-state index in [4.69, 9.17) is 4.74 Å². The number of carbonyl (C=O) groups is 4. The van der Waals surface area contributed by atoms with Crippen LogP contribution in [0.25, 0.3) is 0 Å². The second-order valence-corrected chi connectivity index (χ2v) is 12.4. The highest BCUT2D eigenvalue weighted by molar-refractivity contribution is 5.94. The molecule has 11 heteroatoms. The molecule has 5 rings (SSSR count). The highest BCUT2D eigenvalue weighted by atomic mass is 16.6. The van der Waals surface area contributed by atoms with Crippen molar-refractivity contribution in [2.24, 2.45) is 5.92 Å². The Hall–Kier alpha value is -3.65. The monoisotopic (exact) mass is 550 g/mol. The Morgan fingerprint density at radius 3 is 2.60 bits per heavy atom. The number of amides is 4. The summed E-state index contributed by atoms with van der Waals surface area (Å²) >= 11 is 0. The van der Waals surface area contributed by atoms with Gasteiger partial charge in [-0.2, -0.15) is 5.26 Å². The van der Waals surface area contributed by atoms with Crippen LogP contribution in [0.15, 0.2) is 24.3 Å². The van der Waals surface area contributed by atoms with Crippen LogP contribution in [0.5, 0.6) is 0 Å². The van der Waals surface area contributed by atoms with Crippen LogP contribution in [-0.4, -0.2) is 94.5 Å². The molecule has 0 aromatic heterocycles. The minimum absolute atomic E-state index is 0.0316. The summed E-state index contributed by atoms with van der Waals surface area (Å²) in [6.07, 6.45) is 1.46. The van der Waals surface area contributed by atoms with Crippen molar-refractivity contribution in [2.45, 2.75) is 88.8 Å². The molecule has 1 aromatic rings. The smallest absolute Gasteiger partial charge is 0.408 e. The molecular formula is C29H38N6O5. The second kappa shape index (κ2) is 10.4. The van der Waals surface area contributed by atoms with Gasteiger partial charge in [0.2, 0.25) is 11.8 Å². The molecule has 214 valence electrons. The zero-order valence-corrected chi connectivity index (χ0v) is 23.7. The van der Waals surface area contributed by atoms with Gasteiger partial charge in [-0.25, -0.2) is 4.79 Å². The van der Waals surface area contributed by atoms with Crippen molar-refractivity contribution in [3.05, 3.63) is 35.4 Å². The summed E-state index contributed by atoms with van der Waals surface area (Å²) in [5, 5.41) is 15.0. The molecule has 11 nitrogen and oxygen atoms in total. The lowest BCUT2D eigenvalue weighted by atomic mass is 10.0. The van der Waals surface area contributed by atoms with Gasteiger partial charge in [0, 0.05) is 37.8 Å². The number of alkyl carbamates (subject to hydrolysis) is 1. The summed E-state index contributed by atoms with van der Waals surface area (Å²) in [5.41, 5.74) is 0.676. The fourth-order valence-electron chi connectivity index (χ4n) is 6.58. The Bertz CT molecular complexity index is 1250. The number of piperidine rings is 1. The van der Waals surface area contributed by atoms with Crippen molar-refractivity contribution in [1.82, 2.24) is 25.3 Å². The summed E-state index contributed by atoms with van der Waals surface area (Å²) in [5.74, 6) is -0.168. The number of nitrogens with zero attached hydrogens (tertiary/aromatic N) is 4. The zero-order valence-electron chi connectivity index (χ0n) is 23.7. The van der Waals surface area contributed by atoms with Gasteiger partial charge in [-0.1, -0.05) is 12.1 Å². The molecule has 4 amide bonds. The molecule has 3 unspecified atom stereocenters. The number of hydrogen-bond donors (Lipinski definition) is 2. The molecular weight excluding hydrogens is 512 g/mol. The molecule has 2 bridgehead atoms. The van der Waals surface area contributed by atoms with Gasteiger partial charge in [-0.15, -0.1) is 0 Å². The van der Waals surface area contributed by atoms with Gasteiger partial charge in [0.1, 0.15) is 17.7 Å². The molecule has 2 N–H and O–H groups in total. The molecule has 1 saturated carbocycles. The first-order chi connectivity index (χ1) is 18.9. The van der Waals surface area contributed by atoms with Gasteiger partial charge in [0.25, 0.3) is 5.91 Å². The molecule has 0 spiro atoms. The van der Waals surface area contributed by atoms with Gasteiger partial charge in [0.15, 0.2) is 0 Å². The van der Waals surface area contributed by atoms with Crippen LogP contribution in [-0.2, 0) is 14.3 Å². The third kappa shape index (κ3) is 5.24. The number of benzene rings is 1. The van der Waals surface area contributed by atoms with E-state index in [2.05, 4.69) is 16.7 Å². The van der Waals surface area contributed by atoms with Gasteiger partial charge >= 0.3 is 6.09 Å². The molecule has 3 saturated heterocycles. The van der Waals surface area contributed by atoms with Crippen molar-refractivity contribution in [3.8, 4) is 6.07 Å². The Morgan fingerprint density at radius 1 is 1.20 bits per heavy atom. The van der Waals surface area contributed by atoms with Crippen molar-refractivity contribution in [3.63, 3.8) is 0 Å². The van der Waals surface area contributed by atoms with E-state index in [0.29, 0.717) is 30.9 Å². The van der Waals surface area contributed by atoms with E-state index in [-0.39, 0.29) is 42.4 Å². The molecule has 1 aliphatic carbocycles. The Balaban J connectivity index is 1.31. The predicted octanol–water partition coefficient (Wildman–Crippen LogP) is 1.80. The molecule has 4 fully saturated rings. The lowest BCUT2D eigenvalue weighted by molar-refractivity contribution is -0.141. The van der Waals surface area contributed by atoms with E-state index in [0.717, 1.165) is 12.0 Å². The molecule has 0 radical (unpaired) electrons. The van der Waals surface area contributed by atoms with Crippen LogP contribution in [0.3, 0.4) is 0 Å². The Labute approximate surface area is 234 Å². The maximum atomic E-state index is 13.7. The molecule has 40 heavy (non-hydrogen) atoms. The molecule has 4 aliphatic rings. The zero-order chi connectivity index (χ0) is 28.9. The number of nitrogens with one attached hydrogen (secondary N) is 2. The number of hydrogen-bond acceptors (Lipinski definition) is 7. The third-order valence-electron chi connectivity index (χ3n) is 8.50. The fraction of sp³-hybridized carbons (Fsp3) is 0.621. The average molecular weight is 551 g/mol. The number of likely N-dealkylation sites (tertiary alicyclic amines) is 3. The minimum Gasteiger partial charge on any atom is -0.444 e. The second-order valence-electron chi connectivity index (χ2n) is 12.4. The van der Waals surface area contributed by atoms with E-state index >= 15 is 0 Å². The SMILES string of the molecule is CNC(=O)c1cccc([C@H](C)N2C(=O)C3C[C@H]2CN3CC(NC(=O)OC(C)(C)C)C(=O)N2C(C#N)C[C@@H]3C[C@@H]32)c1. The summed E-state index contributed by atoms with van der Waals surface area (Å²) < 4.78 is 5.44. The van der Waals surface area contributed by atoms with E-state index in [1.807, 2.05) is 34.9 Å². The largest absolute Gasteiger partial charge is 0.444 e. The van der Waals surface area contributed by atoms with Gasteiger partial charge in [-0.3, -0.25) is 19.3 Å². The molecule has 7 atom stereocenters. The van der Waals surface area contributed by atoms with E-state index < -0.39 is 29.8 Å². The standard InChI is InChI=1S/C29H38N6O5/c1-16(17-7-6-8-18(9-17)25(36)31-5)34-21-12-24(27(34)38)33(14-21)15-22(32-28(39)40-29(2,3)4)26(37)35-20(13-30)10-19-11-23(19)35/h6-9,16,19-24H,10-12,14-15H2,1-5H3,(H,31,36)(H,32,39)/t16-,19+,20?,21-,22?,23-,24?/m0/s1. The highest BCUT2D eigenvalue weighted by Gasteiger charge is 2.56. The Morgan fingerprint density at radius 2 is 1.95 bits per heavy atom. The number of ether oxygens (including phenoxy) is 1. The van der Waals surface area contributed by atoms with Crippen molar-refractivity contribution in [2.75, 3.05) is 20.1 Å². The predicted molar refractivity (Wildman–Crippen MR) is 145 cm³/mol. The van der Waals surface area contributed by atoms with Gasteiger partial charge < -0.3 is 25.2 Å². The first kappa shape index (κ1) is 27.9. The maximum absolute atomic E-state index is 13.7. The molecule has 1 aromatic carbocycles. The van der Waals surface area contributed by atoms with Crippen LogP contribution in [0.2, 0.25) is 0 Å². The van der Waals surface area contributed by atoms with Crippen LogP contribution >= 0.6 is 0 Å². The quantitative estimate of drug-likeness (QED) is 0.529. The normalized spacial score (nSPS) is 28.5. The van der Waals surface area contributed by atoms with Crippen LogP contribution in [0.4, 0.5) is 4.79 Å². The van der Waals surface area contributed by atoms with Crippen LogP contribution in [0.1, 0.15) is 68.9 Å². The molecule has 3 aliphatic heterocycles. The fourth-order valence-corrected chi connectivity index (χ4v) is 6.58. The number of piperazine rings is 1. The van der Waals surface area contributed by atoms with Gasteiger partial charge in [0.05, 0.1) is 18.2 Å². The first-order valence-electron chi connectivity index (χ1n) is 14.0. The number of carbonyl (C=O) groups excluding carboxylic acids is 4. The van der Waals surface area contributed by atoms with Crippen LogP contribution in [0, 0.1) is 17.2 Å². The number of nitriles is 1. The maximum Gasteiger partial charge on any atom is 0.408 e. The van der Waals surface area contributed by atoms with Gasteiger partial charge in [-0.05, 0) is 70.6 Å². The minimum atomic E-state index is -0.938. The first-order valence-corrected chi connectivity index (χ1v) is 14.0. The van der Waals surface area contributed by atoms with Crippen LogP contribution < -0.4 is 10.6 Å². The molecule has 3 heterocycles. The van der Waals surface area contributed by atoms with Crippen molar-refractivity contribution < 1.29 is 23.9 Å². The van der Waals surface area contributed by atoms with E-state index in [1.54, 1.807) is 38.8 Å². The lowest BCUT2D eigenvalue weighted by Gasteiger charge is -2.39. The van der Waals surface area contributed by atoms with Crippen molar-refractivity contribution >= 4 is 23.8 Å². The average Bonchev–Trinajstić information content (AvgIpc) is 3.23.